The smallest absolute Gasteiger partial charge is 1.00 e. The maximum Gasteiger partial charge on any atom is 1.00 e. The first-order valence-corrected chi connectivity index (χ1v) is 14.2. The number of amides is 2. The minimum Gasteiger partial charge on any atom is -1.00 e. The van der Waals surface area contributed by atoms with Crippen LogP contribution in [-0.2, 0) is 19.2 Å². The normalized spacial score (nSPS) is 8.43. The molecular formula is C29H37BrK2N6O9. The molecular weight excluding hydrogens is 734 g/mol. The topological polar surface area (TPSA) is 211 Å². The Kier molecular flexibility index (Phi) is 37.5. The number of allylic oxidation sites excluding steroid dienone is 1. The average Bonchev–Trinajstić information content (AvgIpc) is 3.05. The Hall–Kier alpha value is -1.92. The van der Waals surface area contributed by atoms with Gasteiger partial charge < -0.3 is 40.7 Å². The monoisotopic (exact) mass is 770 g/mol. The standard InChI is InChI=1S/C14H17N3O3.C8H14BrNO2.C6H4N2O.CH2O3.2K.H/c1-4-17(5-2)14(18)20-11(3)10-19-13-7-6-8-16-12(13)9-15;1-4-10(5-2)8(11)12-7(3)6-9;7-4-5-6(9)2-1-3-8-5;2-1-4-3;;;/h6-8H,3-5,10H2,1-2H3;3-6H2,1-2H3;1-3,9H;1,3H;;;/q;;;;2*+1;-1/p-1. The van der Waals surface area contributed by atoms with Crippen molar-refractivity contribution in [3.63, 3.8) is 0 Å². The van der Waals surface area contributed by atoms with Crippen molar-refractivity contribution < 1.29 is 148 Å². The molecule has 2 rings (SSSR count). The van der Waals surface area contributed by atoms with Gasteiger partial charge in [-0.15, -0.1) is 0 Å². The van der Waals surface area contributed by atoms with Gasteiger partial charge in [-0.25, -0.2) is 19.6 Å². The van der Waals surface area contributed by atoms with E-state index in [0.29, 0.717) is 43.0 Å². The molecule has 47 heavy (non-hydrogen) atoms. The third-order valence-corrected chi connectivity index (χ3v) is 5.48. The van der Waals surface area contributed by atoms with Gasteiger partial charge in [0.25, 0.3) is 6.47 Å². The third kappa shape index (κ3) is 24.8. The number of aromatic nitrogens is 2. The number of nitriles is 2. The first-order valence-electron chi connectivity index (χ1n) is 13.1. The van der Waals surface area contributed by atoms with Crippen molar-refractivity contribution in [3.8, 4) is 23.6 Å². The molecule has 0 atom stereocenters. The number of halogens is 1. The Bertz CT molecular complexity index is 1310. The SMILES string of the molecule is C=C(CBr)OC(=O)N(CC)CC.C=C(COc1cccnc1C#N)OC(=O)N(CC)CC.N#Cc1ncccc1O.O=CO[O-].[H-].[K+].[K+]. The number of carbonyl (C=O) groups excluding carboxylic acids is 3. The van der Waals surface area contributed by atoms with Gasteiger partial charge in [0.15, 0.2) is 22.9 Å². The zero-order valence-corrected chi connectivity index (χ0v) is 35.3. The van der Waals surface area contributed by atoms with E-state index in [-0.39, 0.29) is 146 Å². The van der Waals surface area contributed by atoms with Crippen LogP contribution in [0, 0.1) is 22.7 Å². The number of hydrogen-bond donors (Lipinski definition) is 1. The van der Waals surface area contributed by atoms with Gasteiger partial charge in [-0.05, 0) is 52.0 Å². The molecule has 0 radical (unpaired) electrons. The molecule has 2 aromatic heterocycles. The van der Waals surface area contributed by atoms with E-state index in [1.54, 1.807) is 29.2 Å². The Morgan fingerprint density at radius 1 is 0.936 bits per heavy atom. The summed E-state index contributed by atoms with van der Waals surface area (Å²) in [5, 5.41) is 34.8. The molecule has 0 bridgehead atoms. The number of pyridine rings is 2. The first kappa shape index (κ1) is 51.9. The summed E-state index contributed by atoms with van der Waals surface area (Å²) in [7, 11) is 0. The third-order valence-electron chi connectivity index (χ3n) is 4.85. The molecule has 2 aromatic rings. The van der Waals surface area contributed by atoms with Crippen LogP contribution < -0.4 is 113 Å². The van der Waals surface area contributed by atoms with Crippen LogP contribution in [0.25, 0.3) is 0 Å². The predicted octanol–water partition coefficient (Wildman–Crippen LogP) is -2.09. The fraction of sp³-hybridized carbons (Fsp3) is 0.345. The number of nitrogens with zero attached hydrogens (tertiary/aromatic N) is 6. The van der Waals surface area contributed by atoms with Gasteiger partial charge >= 0.3 is 115 Å². The fourth-order valence-corrected chi connectivity index (χ4v) is 2.74. The van der Waals surface area contributed by atoms with Crippen LogP contribution in [0.15, 0.2) is 61.3 Å². The van der Waals surface area contributed by atoms with Crippen molar-refractivity contribution in [2.24, 2.45) is 0 Å². The predicted molar refractivity (Wildman–Crippen MR) is 164 cm³/mol. The van der Waals surface area contributed by atoms with Gasteiger partial charge in [0.1, 0.15) is 30.3 Å². The summed E-state index contributed by atoms with van der Waals surface area (Å²) >= 11 is 3.14. The molecule has 0 aliphatic carbocycles. The molecule has 246 valence electrons. The molecule has 2 amide bonds. The van der Waals surface area contributed by atoms with Crippen molar-refractivity contribution >= 4 is 34.6 Å². The van der Waals surface area contributed by atoms with E-state index in [1.165, 1.54) is 23.4 Å². The molecule has 15 nitrogen and oxygen atoms in total. The van der Waals surface area contributed by atoms with Crippen LogP contribution in [-0.4, -0.2) is 81.6 Å². The quantitative estimate of drug-likeness (QED) is 0.0650. The van der Waals surface area contributed by atoms with Crippen molar-refractivity contribution in [2.75, 3.05) is 38.1 Å². The van der Waals surface area contributed by atoms with Crippen LogP contribution in [0.2, 0.25) is 0 Å². The molecule has 18 heteroatoms. The van der Waals surface area contributed by atoms with E-state index in [9.17, 15) is 9.59 Å². The molecule has 0 aliphatic heterocycles. The van der Waals surface area contributed by atoms with Gasteiger partial charge in [-0.1, -0.05) is 29.1 Å². The summed E-state index contributed by atoms with van der Waals surface area (Å²) in [6, 6.07) is 9.91. The molecule has 0 saturated heterocycles. The molecule has 0 aromatic carbocycles. The molecule has 0 spiro atoms. The molecule has 2 heterocycles. The van der Waals surface area contributed by atoms with E-state index in [0.717, 1.165) is 0 Å². The Balaban J connectivity index is -0.000000189. The van der Waals surface area contributed by atoms with Crippen molar-refractivity contribution in [2.45, 2.75) is 27.7 Å². The van der Waals surface area contributed by atoms with Crippen molar-refractivity contribution in [1.29, 1.82) is 10.5 Å². The van der Waals surface area contributed by atoms with Crippen LogP contribution in [0.1, 0.15) is 40.5 Å². The van der Waals surface area contributed by atoms with E-state index < -0.39 is 6.09 Å². The number of hydrogen-bond acceptors (Lipinski definition) is 13. The number of aromatic hydroxyl groups is 1. The van der Waals surface area contributed by atoms with Crippen LogP contribution >= 0.6 is 15.9 Å². The van der Waals surface area contributed by atoms with Gasteiger partial charge in [0.2, 0.25) is 0 Å². The van der Waals surface area contributed by atoms with Crippen LogP contribution in [0.4, 0.5) is 9.59 Å². The largest absolute Gasteiger partial charge is 1.00 e. The molecule has 0 aliphatic rings. The second-order valence-electron chi connectivity index (χ2n) is 7.72. The summed E-state index contributed by atoms with van der Waals surface area (Å²) in [6.07, 6.45) is 2.17. The second-order valence-corrected chi connectivity index (χ2v) is 8.28. The fourth-order valence-electron chi connectivity index (χ4n) is 2.63. The minimum absolute atomic E-state index is 0. The van der Waals surface area contributed by atoms with E-state index in [4.69, 9.17) is 39.9 Å². The van der Waals surface area contributed by atoms with Gasteiger partial charge in [0, 0.05) is 38.6 Å². The summed E-state index contributed by atoms with van der Waals surface area (Å²) in [5.41, 5.74) is 0.243. The summed E-state index contributed by atoms with van der Waals surface area (Å²) in [6.45, 7) is 16.9. The molecule has 0 unspecified atom stereocenters. The van der Waals surface area contributed by atoms with E-state index in [2.05, 4.69) is 43.9 Å². The van der Waals surface area contributed by atoms with Gasteiger partial charge in [-0.2, -0.15) is 10.5 Å². The number of alkyl halides is 1. The van der Waals surface area contributed by atoms with Gasteiger partial charge in [-0.3, -0.25) is 4.79 Å². The zero-order chi connectivity index (χ0) is 34.6. The summed E-state index contributed by atoms with van der Waals surface area (Å²) < 4.78 is 15.3. The number of ether oxygens (including phenoxy) is 3. The van der Waals surface area contributed by atoms with Crippen LogP contribution in [0.5, 0.6) is 11.5 Å². The molecule has 1 N–H and O–H groups in total. The zero-order valence-electron chi connectivity index (χ0n) is 28.5. The molecule has 0 saturated carbocycles. The minimum atomic E-state index is -0.463. The van der Waals surface area contributed by atoms with E-state index >= 15 is 0 Å². The number of carbonyl (C=O) groups is 3. The Morgan fingerprint density at radius 3 is 1.72 bits per heavy atom. The average molecular weight is 772 g/mol. The molecule has 0 fully saturated rings. The summed E-state index contributed by atoms with van der Waals surface area (Å²) in [5.74, 6) is 0.872. The second kappa shape index (κ2) is 34.0. The maximum atomic E-state index is 11.7. The number of rotatable bonds is 11. The Morgan fingerprint density at radius 2 is 1.36 bits per heavy atom. The van der Waals surface area contributed by atoms with Crippen molar-refractivity contribution in [1.82, 2.24) is 19.8 Å². The maximum absolute atomic E-state index is 11.7. The summed E-state index contributed by atoms with van der Waals surface area (Å²) in [4.78, 5) is 44.7. The first-order chi connectivity index (χ1) is 21.5. The van der Waals surface area contributed by atoms with E-state index in [1.807, 2.05) is 33.8 Å². The van der Waals surface area contributed by atoms with Crippen molar-refractivity contribution in [3.05, 3.63) is 72.7 Å². The van der Waals surface area contributed by atoms with Crippen LogP contribution in [0.3, 0.4) is 0 Å². The van der Waals surface area contributed by atoms with Gasteiger partial charge in [0.05, 0.1) is 5.33 Å². The Labute approximate surface area is 369 Å².